The molecule has 0 aliphatic heterocycles. The molecule has 0 aliphatic carbocycles. The van der Waals surface area contributed by atoms with Crippen molar-refractivity contribution >= 4 is 27.5 Å². The van der Waals surface area contributed by atoms with E-state index < -0.39 is 0 Å². The molecule has 2 aromatic rings. The molecule has 0 spiro atoms. The summed E-state index contributed by atoms with van der Waals surface area (Å²) in [5.74, 6) is -0.250. The molecule has 0 saturated carbocycles. The number of rotatable bonds is 3. The van der Waals surface area contributed by atoms with Gasteiger partial charge in [-0.2, -0.15) is 5.10 Å². The number of nitrogens with zero attached hydrogens (tertiary/aromatic N) is 2. The van der Waals surface area contributed by atoms with Crippen molar-refractivity contribution in [2.45, 2.75) is 6.42 Å². The van der Waals surface area contributed by atoms with Crippen molar-refractivity contribution in [1.29, 1.82) is 0 Å². The predicted molar refractivity (Wildman–Crippen MR) is 69.8 cm³/mol. The second-order valence-electron chi connectivity index (χ2n) is 3.94. The van der Waals surface area contributed by atoms with Gasteiger partial charge in [0.1, 0.15) is 11.6 Å². The molecule has 0 atom stereocenters. The smallest absolute Gasteiger partial charge is 0.172 e. The van der Waals surface area contributed by atoms with E-state index in [1.165, 1.54) is 23.0 Å². The molecule has 1 aromatic carbocycles. The standard InChI is InChI=1S/C12H11BrFN3O/c1-17-12(15)10(6-16-17)11(18)4-7-2-8(13)5-9(14)3-7/h2-3,5-6H,4,15H2,1H3. The molecule has 6 heteroatoms. The molecular weight excluding hydrogens is 301 g/mol. The largest absolute Gasteiger partial charge is 0.383 e. The van der Waals surface area contributed by atoms with Crippen molar-refractivity contribution in [2.24, 2.45) is 7.05 Å². The Kier molecular flexibility index (Phi) is 3.47. The summed E-state index contributed by atoms with van der Waals surface area (Å²) in [6.07, 6.45) is 1.51. The Morgan fingerprint density at radius 1 is 1.50 bits per heavy atom. The number of aromatic nitrogens is 2. The van der Waals surface area contributed by atoms with E-state index in [0.29, 0.717) is 21.4 Å². The number of carbonyl (C=O) groups excluding carboxylic acids is 1. The minimum absolute atomic E-state index is 0.0895. The van der Waals surface area contributed by atoms with E-state index >= 15 is 0 Å². The van der Waals surface area contributed by atoms with Gasteiger partial charge in [-0.25, -0.2) is 4.39 Å². The Morgan fingerprint density at radius 2 is 2.22 bits per heavy atom. The highest BCUT2D eigenvalue weighted by Gasteiger charge is 2.14. The van der Waals surface area contributed by atoms with Crippen molar-refractivity contribution in [3.05, 3.63) is 45.8 Å². The number of hydrogen-bond donors (Lipinski definition) is 1. The van der Waals surface area contributed by atoms with Gasteiger partial charge in [0.2, 0.25) is 0 Å². The zero-order chi connectivity index (χ0) is 13.3. The minimum atomic E-state index is -0.383. The van der Waals surface area contributed by atoms with Crippen LogP contribution < -0.4 is 5.73 Å². The van der Waals surface area contributed by atoms with E-state index in [1.54, 1.807) is 13.1 Å². The number of nitrogens with two attached hydrogens (primary N) is 1. The maximum Gasteiger partial charge on any atom is 0.172 e. The average Bonchev–Trinajstić information content (AvgIpc) is 2.58. The van der Waals surface area contributed by atoms with Gasteiger partial charge >= 0.3 is 0 Å². The van der Waals surface area contributed by atoms with Gasteiger partial charge in [-0.15, -0.1) is 0 Å². The lowest BCUT2D eigenvalue weighted by Crippen LogP contribution is -2.07. The van der Waals surface area contributed by atoms with Crippen LogP contribution in [0.25, 0.3) is 0 Å². The first-order chi connectivity index (χ1) is 8.47. The van der Waals surface area contributed by atoms with Crippen LogP contribution in [0.4, 0.5) is 10.2 Å². The molecular formula is C12H11BrFN3O. The number of Topliss-reactive ketones (excluding diaryl/α,β-unsaturated/α-hetero) is 1. The molecule has 0 amide bonds. The van der Waals surface area contributed by atoms with E-state index in [1.807, 2.05) is 0 Å². The van der Waals surface area contributed by atoms with E-state index in [2.05, 4.69) is 21.0 Å². The van der Waals surface area contributed by atoms with Crippen molar-refractivity contribution < 1.29 is 9.18 Å². The zero-order valence-electron chi connectivity index (χ0n) is 9.65. The fourth-order valence-corrected chi connectivity index (χ4v) is 2.17. The number of hydrogen-bond acceptors (Lipinski definition) is 3. The van der Waals surface area contributed by atoms with Crippen molar-refractivity contribution in [2.75, 3.05) is 5.73 Å². The first-order valence-electron chi connectivity index (χ1n) is 5.23. The quantitative estimate of drug-likeness (QED) is 0.885. The highest BCUT2D eigenvalue weighted by molar-refractivity contribution is 9.10. The van der Waals surface area contributed by atoms with E-state index in [-0.39, 0.29) is 18.0 Å². The predicted octanol–water partition coefficient (Wildman–Crippen LogP) is 2.33. The Balaban J connectivity index is 2.24. The number of halogens is 2. The molecule has 0 radical (unpaired) electrons. The molecule has 2 N–H and O–H groups in total. The Labute approximate surface area is 112 Å². The third kappa shape index (κ3) is 2.59. The van der Waals surface area contributed by atoms with Gasteiger partial charge in [0.05, 0.1) is 11.8 Å². The van der Waals surface area contributed by atoms with Crippen molar-refractivity contribution in [3.8, 4) is 0 Å². The van der Waals surface area contributed by atoms with E-state index in [4.69, 9.17) is 5.73 Å². The minimum Gasteiger partial charge on any atom is -0.383 e. The summed E-state index contributed by atoms with van der Waals surface area (Å²) in [7, 11) is 1.66. The monoisotopic (exact) mass is 311 g/mol. The van der Waals surface area contributed by atoms with E-state index in [0.717, 1.165) is 0 Å². The lowest BCUT2D eigenvalue weighted by Gasteiger charge is -2.02. The topological polar surface area (TPSA) is 60.9 Å². The van der Waals surface area contributed by atoms with Crippen LogP contribution in [0.5, 0.6) is 0 Å². The maximum atomic E-state index is 13.2. The summed E-state index contributed by atoms with van der Waals surface area (Å²) in [6, 6.07) is 4.37. The fraction of sp³-hybridized carbons (Fsp3) is 0.167. The molecule has 0 unspecified atom stereocenters. The highest BCUT2D eigenvalue weighted by atomic mass is 79.9. The highest BCUT2D eigenvalue weighted by Crippen LogP contribution is 2.18. The number of aryl methyl sites for hydroxylation is 1. The molecule has 18 heavy (non-hydrogen) atoms. The first-order valence-corrected chi connectivity index (χ1v) is 6.02. The van der Waals surface area contributed by atoms with Gasteiger partial charge in [0.25, 0.3) is 0 Å². The number of ketones is 1. The Bertz CT molecular complexity index is 589. The molecule has 0 bridgehead atoms. The zero-order valence-corrected chi connectivity index (χ0v) is 11.2. The summed E-state index contributed by atoms with van der Waals surface area (Å²) in [5, 5.41) is 3.90. The van der Waals surface area contributed by atoms with E-state index in [9.17, 15) is 9.18 Å². The van der Waals surface area contributed by atoms with Gasteiger partial charge in [0.15, 0.2) is 5.78 Å². The molecule has 0 saturated heterocycles. The molecule has 0 fully saturated rings. The van der Waals surface area contributed by atoms with Gasteiger partial charge in [0, 0.05) is 17.9 Å². The third-order valence-corrected chi connectivity index (χ3v) is 3.03. The average molecular weight is 312 g/mol. The number of anilines is 1. The molecule has 2 rings (SSSR count). The maximum absolute atomic E-state index is 13.2. The molecule has 1 aromatic heterocycles. The van der Waals surface area contributed by atoms with Crippen molar-refractivity contribution in [1.82, 2.24) is 9.78 Å². The number of benzene rings is 1. The van der Waals surface area contributed by atoms with Gasteiger partial charge < -0.3 is 5.73 Å². The van der Waals surface area contributed by atoms with Crippen LogP contribution in [0.2, 0.25) is 0 Å². The second kappa shape index (κ2) is 4.89. The van der Waals surface area contributed by atoms with Crippen LogP contribution in [0.15, 0.2) is 28.9 Å². The Hall–Kier alpha value is -1.69. The number of nitrogen functional groups attached to an aromatic ring is 1. The molecule has 1 heterocycles. The lowest BCUT2D eigenvalue weighted by molar-refractivity contribution is 0.0994. The molecule has 4 nitrogen and oxygen atoms in total. The summed E-state index contributed by atoms with van der Waals surface area (Å²) >= 11 is 3.19. The van der Waals surface area contributed by atoms with Crippen LogP contribution in [-0.4, -0.2) is 15.6 Å². The van der Waals surface area contributed by atoms with Crippen LogP contribution >= 0.6 is 15.9 Å². The summed E-state index contributed by atoms with van der Waals surface area (Å²) in [4.78, 5) is 12.0. The Morgan fingerprint density at radius 3 is 2.78 bits per heavy atom. The van der Waals surface area contributed by atoms with Crippen molar-refractivity contribution in [3.63, 3.8) is 0 Å². The van der Waals surface area contributed by atoms with Gasteiger partial charge in [-0.3, -0.25) is 9.48 Å². The van der Waals surface area contributed by atoms with Gasteiger partial charge in [-0.05, 0) is 23.8 Å². The fourth-order valence-electron chi connectivity index (χ4n) is 1.66. The third-order valence-electron chi connectivity index (χ3n) is 2.57. The summed E-state index contributed by atoms with van der Waals surface area (Å²) in [6.45, 7) is 0. The normalized spacial score (nSPS) is 10.6. The summed E-state index contributed by atoms with van der Waals surface area (Å²) in [5.41, 5.74) is 6.67. The number of carbonyl (C=O) groups is 1. The van der Waals surface area contributed by atoms with Crippen LogP contribution in [0.3, 0.4) is 0 Å². The van der Waals surface area contributed by atoms with Crippen LogP contribution in [0.1, 0.15) is 15.9 Å². The van der Waals surface area contributed by atoms with Crippen LogP contribution in [0, 0.1) is 5.82 Å². The molecule has 94 valence electrons. The molecule has 0 aliphatic rings. The van der Waals surface area contributed by atoms with Gasteiger partial charge in [-0.1, -0.05) is 15.9 Å². The van der Waals surface area contributed by atoms with Crippen LogP contribution in [-0.2, 0) is 13.5 Å². The second-order valence-corrected chi connectivity index (χ2v) is 4.86. The lowest BCUT2D eigenvalue weighted by atomic mass is 10.1. The SMILES string of the molecule is Cn1ncc(C(=O)Cc2cc(F)cc(Br)c2)c1N. The summed E-state index contributed by atoms with van der Waals surface area (Å²) < 4.78 is 15.2. The first kappa shape index (κ1) is 12.8.